The Labute approximate surface area is 107 Å². The second kappa shape index (κ2) is 6.75. The van der Waals surface area contributed by atoms with Gasteiger partial charge in [-0.05, 0) is 64.1 Å². The quantitative estimate of drug-likeness (QED) is 0.810. The van der Waals surface area contributed by atoms with E-state index in [0.29, 0.717) is 0 Å². The minimum atomic E-state index is 0.778. The Morgan fingerprint density at radius 2 is 1.88 bits per heavy atom. The van der Waals surface area contributed by atoms with E-state index in [-0.39, 0.29) is 0 Å². The predicted molar refractivity (Wildman–Crippen MR) is 74.3 cm³/mol. The Balaban J connectivity index is 1.85. The molecular weight excluding hydrogens is 208 g/mol. The van der Waals surface area contributed by atoms with E-state index < -0.39 is 0 Å². The number of rotatable bonds is 4. The van der Waals surface area contributed by atoms with E-state index >= 15 is 0 Å². The Morgan fingerprint density at radius 1 is 1.12 bits per heavy atom. The van der Waals surface area contributed by atoms with E-state index in [0.717, 1.165) is 17.9 Å². The van der Waals surface area contributed by atoms with Crippen molar-refractivity contribution in [3.8, 4) is 0 Å². The van der Waals surface area contributed by atoms with E-state index in [2.05, 4.69) is 24.2 Å². The summed E-state index contributed by atoms with van der Waals surface area (Å²) in [7, 11) is 2.15. The Hall–Kier alpha value is -0.0800. The van der Waals surface area contributed by atoms with Crippen LogP contribution >= 0.6 is 0 Å². The predicted octanol–water partition coefficient (Wildman–Crippen LogP) is 2.89. The van der Waals surface area contributed by atoms with Gasteiger partial charge >= 0.3 is 0 Å². The molecule has 2 aliphatic rings. The number of likely N-dealkylation sites (tertiary alicyclic amines) is 1. The topological polar surface area (TPSA) is 15.3 Å². The molecule has 1 aliphatic carbocycles. The van der Waals surface area contributed by atoms with E-state index in [1.807, 2.05) is 0 Å². The van der Waals surface area contributed by atoms with Crippen molar-refractivity contribution in [3.63, 3.8) is 0 Å². The first-order valence-corrected chi connectivity index (χ1v) is 7.73. The molecule has 0 aromatic heterocycles. The number of nitrogens with zero attached hydrogens (tertiary/aromatic N) is 1. The van der Waals surface area contributed by atoms with Crippen molar-refractivity contribution in [1.29, 1.82) is 0 Å². The summed E-state index contributed by atoms with van der Waals surface area (Å²) < 4.78 is 0. The van der Waals surface area contributed by atoms with Crippen molar-refractivity contribution >= 4 is 0 Å². The highest BCUT2D eigenvalue weighted by Crippen LogP contribution is 2.32. The second-order valence-corrected chi connectivity index (χ2v) is 6.10. The first-order chi connectivity index (χ1) is 8.33. The molecule has 0 aromatic rings. The SMILES string of the molecule is CCC1CCC(NC)C(CN2CCCCC2)C1. The third-order valence-corrected chi connectivity index (χ3v) is 4.98. The molecule has 2 heteroatoms. The maximum Gasteiger partial charge on any atom is 0.0105 e. The van der Waals surface area contributed by atoms with Gasteiger partial charge in [-0.1, -0.05) is 19.8 Å². The number of nitrogens with one attached hydrogen (secondary N) is 1. The lowest BCUT2D eigenvalue weighted by Crippen LogP contribution is -2.45. The molecule has 2 nitrogen and oxygen atoms in total. The molecule has 0 bridgehead atoms. The summed E-state index contributed by atoms with van der Waals surface area (Å²) >= 11 is 0. The Bertz CT molecular complexity index is 211. The monoisotopic (exact) mass is 238 g/mol. The average Bonchev–Trinajstić information content (AvgIpc) is 2.40. The lowest BCUT2D eigenvalue weighted by atomic mass is 9.76. The van der Waals surface area contributed by atoms with Crippen LogP contribution in [-0.4, -0.2) is 37.6 Å². The molecule has 0 spiro atoms. The molecule has 3 atom stereocenters. The zero-order chi connectivity index (χ0) is 12.1. The summed E-state index contributed by atoms with van der Waals surface area (Å²) in [6.07, 6.45) is 9.98. The molecule has 1 heterocycles. The van der Waals surface area contributed by atoms with Crippen molar-refractivity contribution in [2.45, 2.75) is 57.9 Å². The summed E-state index contributed by atoms with van der Waals surface area (Å²) in [5.41, 5.74) is 0. The van der Waals surface area contributed by atoms with Gasteiger partial charge in [0.05, 0.1) is 0 Å². The zero-order valence-electron chi connectivity index (χ0n) is 11.8. The molecule has 1 saturated carbocycles. The molecule has 1 N–H and O–H groups in total. The summed E-state index contributed by atoms with van der Waals surface area (Å²) in [6.45, 7) is 6.41. The fourth-order valence-electron chi connectivity index (χ4n) is 3.79. The van der Waals surface area contributed by atoms with Gasteiger partial charge in [-0.2, -0.15) is 0 Å². The van der Waals surface area contributed by atoms with E-state index in [4.69, 9.17) is 0 Å². The van der Waals surface area contributed by atoms with Gasteiger partial charge in [0.2, 0.25) is 0 Å². The third kappa shape index (κ3) is 3.69. The molecule has 0 radical (unpaired) electrons. The fraction of sp³-hybridized carbons (Fsp3) is 1.00. The van der Waals surface area contributed by atoms with Crippen molar-refractivity contribution in [3.05, 3.63) is 0 Å². The van der Waals surface area contributed by atoms with Crippen LogP contribution in [0.1, 0.15) is 51.9 Å². The molecule has 2 fully saturated rings. The molecule has 17 heavy (non-hydrogen) atoms. The van der Waals surface area contributed by atoms with E-state index in [1.165, 1.54) is 64.6 Å². The maximum atomic E-state index is 3.56. The van der Waals surface area contributed by atoms with Crippen LogP contribution in [-0.2, 0) is 0 Å². The van der Waals surface area contributed by atoms with Crippen molar-refractivity contribution < 1.29 is 0 Å². The fourth-order valence-corrected chi connectivity index (χ4v) is 3.79. The first-order valence-electron chi connectivity index (χ1n) is 7.73. The van der Waals surface area contributed by atoms with Crippen LogP contribution in [0, 0.1) is 11.8 Å². The van der Waals surface area contributed by atoms with Gasteiger partial charge in [0, 0.05) is 12.6 Å². The van der Waals surface area contributed by atoms with Crippen LogP contribution in [0.25, 0.3) is 0 Å². The van der Waals surface area contributed by atoms with Gasteiger partial charge in [0.25, 0.3) is 0 Å². The van der Waals surface area contributed by atoms with Gasteiger partial charge in [0.1, 0.15) is 0 Å². The van der Waals surface area contributed by atoms with Gasteiger partial charge < -0.3 is 10.2 Å². The van der Waals surface area contributed by atoms with Crippen LogP contribution in [0.15, 0.2) is 0 Å². The van der Waals surface area contributed by atoms with Crippen molar-refractivity contribution in [1.82, 2.24) is 10.2 Å². The molecule has 2 rings (SSSR count). The highest BCUT2D eigenvalue weighted by Gasteiger charge is 2.30. The standard InChI is InChI=1S/C15H30N2/c1-3-13-7-8-15(16-2)14(11-13)12-17-9-5-4-6-10-17/h13-16H,3-12H2,1-2H3. The number of hydrogen-bond acceptors (Lipinski definition) is 2. The van der Waals surface area contributed by atoms with Gasteiger partial charge in [0.15, 0.2) is 0 Å². The molecule has 0 aromatic carbocycles. The summed E-state index contributed by atoms with van der Waals surface area (Å²) in [4.78, 5) is 2.72. The summed E-state index contributed by atoms with van der Waals surface area (Å²) in [5, 5.41) is 3.56. The lowest BCUT2D eigenvalue weighted by molar-refractivity contribution is 0.127. The summed E-state index contributed by atoms with van der Waals surface area (Å²) in [6, 6.07) is 0.778. The highest BCUT2D eigenvalue weighted by molar-refractivity contribution is 4.86. The molecule has 0 amide bonds. The second-order valence-electron chi connectivity index (χ2n) is 6.10. The van der Waals surface area contributed by atoms with Crippen molar-refractivity contribution in [2.24, 2.45) is 11.8 Å². The average molecular weight is 238 g/mol. The highest BCUT2D eigenvalue weighted by atomic mass is 15.1. The largest absolute Gasteiger partial charge is 0.317 e. The smallest absolute Gasteiger partial charge is 0.0105 e. The van der Waals surface area contributed by atoms with E-state index in [9.17, 15) is 0 Å². The van der Waals surface area contributed by atoms with Crippen LogP contribution in [0.2, 0.25) is 0 Å². The van der Waals surface area contributed by atoms with Crippen LogP contribution < -0.4 is 5.32 Å². The van der Waals surface area contributed by atoms with Gasteiger partial charge in [-0.3, -0.25) is 0 Å². The van der Waals surface area contributed by atoms with Gasteiger partial charge in [-0.25, -0.2) is 0 Å². The zero-order valence-corrected chi connectivity index (χ0v) is 11.8. The minimum absolute atomic E-state index is 0.778. The number of piperidine rings is 1. The Kier molecular flexibility index (Phi) is 5.30. The molecular formula is C15H30N2. The normalized spacial score (nSPS) is 36.0. The molecule has 100 valence electrons. The molecule has 1 aliphatic heterocycles. The van der Waals surface area contributed by atoms with E-state index in [1.54, 1.807) is 0 Å². The van der Waals surface area contributed by atoms with Crippen molar-refractivity contribution in [2.75, 3.05) is 26.7 Å². The third-order valence-electron chi connectivity index (χ3n) is 4.98. The maximum absolute atomic E-state index is 3.56. The Morgan fingerprint density at radius 3 is 2.53 bits per heavy atom. The minimum Gasteiger partial charge on any atom is -0.317 e. The summed E-state index contributed by atoms with van der Waals surface area (Å²) in [5.74, 6) is 1.89. The van der Waals surface area contributed by atoms with Crippen LogP contribution in [0.5, 0.6) is 0 Å². The molecule has 1 saturated heterocycles. The van der Waals surface area contributed by atoms with Crippen LogP contribution in [0.4, 0.5) is 0 Å². The lowest BCUT2D eigenvalue weighted by Gasteiger charge is -2.39. The number of hydrogen-bond donors (Lipinski definition) is 1. The van der Waals surface area contributed by atoms with Crippen LogP contribution in [0.3, 0.4) is 0 Å². The first kappa shape index (κ1) is 13.4. The van der Waals surface area contributed by atoms with Gasteiger partial charge in [-0.15, -0.1) is 0 Å². The molecule has 3 unspecified atom stereocenters.